The average Bonchev–Trinajstić information content (AvgIpc) is 3.69. The number of carbonyl (C=O) groups excluding carboxylic acids is 2. The molecule has 0 amide bonds. The highest BCUT2D eigenvalue weighted by Crippen LogP contribution is 2.70. The number of rotatable bonds is 8. The molecule has 0 radical (unpaired) electrons. The van der Waals surface area contributed by atoms with E-state index >= 15 is 0 Å². The average molecular weight is 855 g/mol. The first kappa shape index (κ1) is 43.6. The van der Waals surface area contributed by atoms with Gasteiger partial charge in [-0.25, -0.2) is 4.79 Å². The Morgan fingerprint density at radius 2 is 1.57 bits per heavy atom. The SMILES string of the molecule is COc1ccc(C(=O)O[C@H]2[C@H](O[C@H]3CO[C@@H](O[C@H]4CC[C@@]5(C)C(=CCC6C7CC8OC9(CC[C@@H](C)CO9)C(C)C8[C@@]7(C)CCC65)C4)[C@H](OC(C)=O)[C@H]3O)OC[C@@H](O)[C@@H]2O)cc1. The Labute approximate surface area is 358 Å². The lowest BCUT2D eigenvalue weighted by atomic mass is 9.47. The van der Waals surface area contributed by atoms with E-state index in [4.69, 9.17) is 42.6 Å². The van der Waals surface area contributed by atoms with Gasteiger partial charge in [0, 0.05) is 19.3 Å². The fourth-order valence-corrected chi connectivity index (χ4v) is 13.4. The Morgan fingerprint density at radius 1 is 0.836 bits per heavy atom. The fourth-order valence-electron chi connectivity index (χ4n) is 13.4. The molecule has 1 spiro atoms. The maximum Gasteiger partial charge on any atom is 0.338 e. The summed E-state index contributed by atoms with van der Waals surface area (Å²) in [7, 11) is 1.50. The second kappa shape index (κ2) is 16.7. The highest BCUT2D eigenvalue weighted by Gasteiger charge is 2.68. The minimum atomic E-state index is -1.55. The van der Waals surface area contributed by atoms with Crippen LogP contribution in [0.25, 0.3) is 0 Å². The summed E-state index contributed by atoms with van der Waals surface area (Å²) >= 11 is 0. The number of methoxy groups -OCH3 is 1. The molecular weight excluding hydrogens is 789 g/mol. The first-order valence-electron chi connectivity index (χ1n) is 22.8. The summed E-state index contributed by atoms with van der Waals surface area (Å²) in [6.07, 6.45) is 1.16. The van der Waals surface area contributed by atoms with Crippen LogP contribution >= 0.6 is 0 Å². The van der Waals surface area contributed by atoms with E-state index in [9.17, 15) is 24.9 Å². The van der Waals surface area contributed by atoms with Crippen molar-refractivity contribution < 1.29 is 67.5 Å². The number of aliphatic hydroxyl groups excluding tert-OH is 3. The maximum absolute atomic E-state index is 13.1. The highest BCUT2D eigenvalue weighted by atomic mass is 16.7. The lowest BCUT2D eigenvalue weighted by Gasteiger charge is -2.58. The molecule has 3 saturated carbocycles. The van der Waals surface area contributed by atoms with Crippen LogP contribution in [-0.2, 0) is 42.7 Å². The summed E-state index contributed by atoms with van der Waals surface area (Å²) in [6.45, 7) is 11.3. The van der Waals surface area contributed by atoms with Gasteiger partial charge in [-0.1, -0.05) is 39.3 Å². The summed E-state index contributed by atoms with van der Waals surface area (Å²) in [5, 5.41) is 32.9. The third-order valence-electron chi connectivity index (χ3n) is 16.7. The largest absolute Gasteiger partial charge is 0.497 e. The molecule has 0 aromatic heterocycles. The number of hydrogen-bond acceptors (Lipinski definition) is 14. The van der Waals surface area contributed by atoms with Crippen LogP contribution in [0.3, 0.4) is 0 Å². The number of ether oxygens (including phenoxy) is 9. The fraction of sp³-hybridized carbons (Fsp3) is 0.787. The van der Waals surface area contributed by atoms with Gasteiger partial charge in [-0.2, -0.15) is 0 Å². The highest BCUT2D eigenvalue weighted by molar-refractivity contribution is 5.89. The summed E-state index contributed by atoms with van der Waals surface area (Å²) in [5.74, 6) is 2.03. The van der Waals surface area contributed by atoms with Crippen LogP contribution in [0.4, 0.5) is 0 Å². The van der Waals surface area contributed by atoms with Gasteiger partial charge in [0.1, 0.15) is 30.2 Å². The normalized spacial score (nSPS) is 47.9. The number of fused-ring (bicyclic) bond motifs is 7. The van der Waals surface area contributed by atoms with Crippen LogP contribution in [0.1, 0.15) is 103 Å². The molecule has 4 saturated heterocycles. The summed E-state index contributed by atoms with van der Waals surface area (Å²) in [6, 6.07) is 6.18. The number of hydrogen-bond donors (Lipinski definition) is 3. The Bertz CT molecular complexity index is 1790. The molecular formula is C47H66O14. The van der Waals surface area contributed by atoms with Gasteiger partial charge in [0.05, 0.1) is 44.7 Å². The van der Waals surface area contributed by atoms with Crippen LogP contribution < -0.4 is 4.74 Å². The van der Waals surface area contributed by atoms with Crippen LogP contribution in [0.15, 0.2) is 35.9 Å². The molecule has 3 N–H and O–H groups in total. The minimum Gasteiger partial charge on any atom is -0.497 e. The molecule has 14 heteroatoms. The Hall–Kier alpha value is -2.66. The number of allylic oxidation sites excluding steroid dienone is 1. The van der Waals surface area contributed by atoms with Gasteiger partial charge in [0.2, 0.25) is 0 Å². The van der Waals surface area contributed by atoms with Gasteiger partial charge >= 0.3 is 11.9 Å². The van der Waals surface area contributed by atoms with E-state index in [2.05, 4.69) is 33.8 Å². The van der Waals surface area contributed by atoms with Crippen LogP contribution in [-0.4, -0.2) is 121 Å². The quantitative estimate of drug-likeness (QED) is 0.233. The van der Waals surface area contributed by atoms with Crippen LogP contribution in [0.2, 0.25) is 0 Å². The van der Waals surface area contributed by atoms with Crippen molar-refractivity contribution in [1.29, 1.82) is 0 Å². The second-order valence-electron chi connectivity index (χ2n) is 20.1. The Balaban J connectivity index is 0.842. The van der Waals surface area contributed by atoms with E-state index in [0.717, 1.165) is 45.1 Å². The number of aliphatic hydroxyl groups is 3. The van der Waals surface area contributed by atoms with Crippen molar-refractivity contribution in [2.45, 2.75) is 160 Å². The van der Waals surface area contributed by atoms with Gasteiger partial charge < -0.3 is 58.0 Å². The summed E-state index contributed by atoms with van der Waals surface area (Å²) in [4.78, 5) is 25.5. The Kier molecular flexibility index (Phi) is 11.9. The molecule has 61 heavy (non-hydrogen) atoms. The third kappa shape index (κ3) is 7.67. The predicted molar refractivity (Wildman–Crippen MR) is 217 cm³/mol. The van der Waals surface area contributed by atoms with Crippen molar-refractivity contribution in [3.8, 4) is 5.75 Å². The van der Waals surface area contributed by atoms with Crippen LogP contribution in [0, 0.1) is 46.3 Å². The van der Waals surface area contributed by atoms with Crippen LogP contribution in [0.5, 0.6) is 5.75 Å². The zero-order valence-corrected chi connectivity index (χ0v) is 36.4. The lowest BCUT2D eigenvalue weighted by molar-refractivity contribution is -0.333. The third-order valence-corrected chi connectivity index (χ3v) is 16.7. The summed E-state index contributed by atoms with van der Waals surface area (Å²) < 4.78 is 54.5. The molecule has 8 aliphatic rings. The molecule has 14 nitrogen and oxygen atoms in total. The van der Waals surface area contributed by atoms with Gasteiger partial charge in [0.15, 0.2) is 30.6 Å². The molecule has 7 unspecified atom stereocenters. The van der Waals surface area contributed by atoms with Gasteiger partial charge in [-0.3, -0.25) is 4.79 Å². The monoisotopic (exact) mass is 854 g/mol. The van der Waals surface area contributed by atoms with Crippen molar-refractivity contribution in [3.63, 3.8) is 0 Å². The van der Waals surface area contributed by atoms with E-state index in [1.54, 1.807) is 12.1 Å². The molecule has 1 aromatic rings. The standard InChI is InChI=1S/C47H66O14/c1-24-13-18-47(56-21-24)25(2)37-35(61-47)20-33-31-12-9-28-19-30(14-16-45(28,4)32(31)15-17-46(33,37)5)58-43-41(57-26(3)48)39(51)36(23-55-43)59-44-40(38(50)34(49)22-54-44)60-42(52)27-7-10-29(53-6)11-8-27/h7-11,24-25,30-41,43-44,49-51H,12-23H2,1-6H3/t24-,25?,30+,31?,32?,33?,34-,35?,36+,37?,38+,39+,40-,41-,43+,44+,45+,46+,47?/m1/s1. The van der Waals surface area contributed by atoms with Crippen molar-refractivity contribution >= 4 is 11.9 Å². The summed E-state index contributed by atoms with van der Waals surface area (Å²) in [5.41, 5.74) is 1.90. The Morgan fingerprint density at radius 3 is 2.30 bits per heavy atom. The van der Waals surface area contributed by atoms with E-state index in [-0.39, 0.29) is 41.8 Å². The van der Waals surface area contributed by atoms with E-state index in [1.807, 2.05) is 0 Å². The first-order chi connectivity index (χ1) is 29.1. The molecule has 4 aliphatic carbocycles. The van der Waals surface area contributed by atoms with Crippen molar-refractivity contribution in [3.05, 3.63) is 41.5 Å². The molecule has 1 aromatic carbocycles. The van der Waals surface area contributed by atoms with E-state index < -0.39 is 66.9 Å². The molecule has 4 heterocycles. The van der Waals surface area contributed by atoms with Crippen molar-refractivity contribution in [2.24, 2.45) is 46.3 Å². The molecule has 7 fully saturated rings. The number of carbonyl (C=O) groups is 2. The first-order valence-corrected chi connectivity index (χ1v) is 22.8. The smallest absolute Gasteiger partial charge is 0.338 e. The molecule has 19 atom stereocenters. The molecule has 338 valence electrons. The zero-order chi connectivity index (χ0) is 43.0. The maximum atomic E-state index is 13.1. The van der Waals surface area contributed by atoms with Gasteiger partial charge in [0.25, 0.3) is 0 Å². The zero-order valence-electron chi connectivity index (χ0n) is 36.4. The molecule has 0 bridgehead atoms. The lowest BCUT2D eigenvalue weighted by Crippen LogP contribution is -2.61. The van der Waals surface area contributed by atoms with Crippen molar-refractivity contribution in [1.82, 2.24) is 0 Å². The van der Waals surface area contributed by atoms with Gasteiger partial charge in [-0.15, -0.1) is 0 Å². The number of esters is 2. The van der Waals surface area contributed by atoms with E-state index in [1.165, 1.54) is 51.0 Å². The van der Waals surface area contributed by atoms with Gasteiger partial charge in [-0.05, 0) is 116 Å². The predicted octanol–water partition coefficient (Wildman–Crippen LogP) is 5.08. The van der Waals surface area contributed by atoms with E-state index in [0.29, 0.717) is 41.3 Å². The number of benzene rings is 1. The van der Waals surface area contributed by atoms with Crippen molar-refractivity contribution in [2.75, 3.05) is 26.9 Å². The second-order valence-corrected chi connectivity index (χ2v) is 20.1. The topological polar surface area (TPSA) is 178 Å². The molecule has 4 aliphatic heterocycles. The minimum absolute atomic E-state index is 0.0603. The molecule has 9 rings (SSSR count).